The number of carbonyl (C=O) groups excluding carboxylic acids is 2. The van der Waals surface area contributed by atoms with Crippen LogP contribution in [0.5, 0.6) is 5.75 Å². The SMILES string of the molecule is CCOc1cccc(C2C(=C(O)c3nc4c(C)cccn4c3C)C(=O)C(=O)N2c2nnc(SCc3cccc4ccccc34)s2)c1. The van der Waals surface area contributed by atoms with Crippen LogP contribution in [-0.2, 0) is 15.3 Å². The highest BCUT2D eigenvalue weighted by atomic mass is 32.2. The third-order valence-corrected chi connectivity index (χ3v) is 10.2. The molecule has 230 valence electrons. The second-order valence-corrected chi connectivity index (χ2v) is 13.1. The molecule has 1 unspecified atom stereocenters. The Hall–Kier alpha value is -5.00. The number of nitrogens with zero attached hydrogens (tertiary/aromatic N) is 5. The van der Waals surface area contributed by atoms with Gasteiger partial charge in [0, 0.05) is 11.9 Å². The molecule has 0 radical (unpaired) electrons. The van der Waals surface area contributed by atoms with Gasteiger partial charge in [-0.1, -0.05) is 83.8 Å². The average molecular weight is 648 g/mol. The van der Waals surface area contributed by atoms with E-state index in [1.165, 1.54) is 33.4 Å². The molecule has 46 heavy (non-hydrogen) atoms. The van der Waals surface area contributed by atoms with Gasteiger partial charge in [-0.3, -0.25) is 14.5 Å². The number of Topliss-reactive ketones (excluding diaryl/α,β-unsaturated/α-hetero) is 1. The molecule has 3 aromatic heterocycles. The first-order chi connectivity index (χ1) is 22.4. The lowest BCUT2D eigenvalue weighted by molar-refractivity contribution is -0.132. The fourth-order valence-electron chi connectivity index (χ4n) is 5.88. The number of pyridine rings is 1. The zero-order valence-electron chi connectivity index (χ0n) is 25.3. The Morgan fingerprint density at radius 2 is 1.80 bits per heavy atom. The maximum atomic E-state index is 13.8. The van der Waals surface area contributed by atoms with Crippen molar-refractivity contribution in [3.05, 3.63) is 119 Å². The van der Waals surface area contributed by atoms with Crippen molar-refractivity contribution in [2.75, 3.05) is 11.5 Å². The Bertz CT molecular complexity index is 2180. The summed E-state index contributed by atoms with van der Waals surface area (Å²) in [5.74, 6) is -0.733. The van der Waals surface area contributed by atoms with Crippen LogP contribution >= 0.6 is 23.1 Å². The van der Waals surface area contributed by atoms with E-state index in [4.69, 9.17) is 4.74 Å². The molecule has 11 heteroatoms. The molecule has 0 bridgehead atoms. The minimum Gasteiger partial charge on any atom is -0.505 e. The van der Waals surface area contributed by atoms with E-state index in [1.807, 2.05) is 61.7 Å². The van der Waals surface area contributed by atoms with E-state index in [1.54, 1.807) is 24.3 Å². The van der Waals surface area contributed by atoms with Gasteiger partial charge in [-0.05, 0) is 66.4 Å². The smallest absolute Gasteiger partial charge is 0.301 e. The number of hydrogen-bond acceptors (Lipinski definition) is 9. The van der Waals surface area contributed by atoms with Crippen molar-refractivity contribution >= 4 is 62.1 Å². The topological polar surface area (TPSA) is 110 Å². The Morgan fingerprint density at radius 1 is 1.00 bits per heavy atom. The van der Waals surface area contributed by atoms with Crippen molar-refractivity contribution in [2.24, 2.45) is 0 Å². The maximum absolute atomic E-state index is 13.8. The third-order valence-electron chi connectivity index (χ3n) is 8.07. The van der Waals surface area contributed by atoms with E-state index in [2.05, 4.69) is 39.4 Å². The molecule has 1 aliphatic rings. The van der Waals surface area contributed by atoms with Crippen molar-refractivity contribution in [2.45, 2.75) is 36.9 Å². The van der Waals surface area contributed by atoms with Crippen LogP contribution in [0.3, 0.4) is 0 Å². The van der Waals surface area contributed by atoms with Crippen LogP contribution < -0.4 is 9.64 Å². The molecular formula is C35H29N5O4S2. The highest BCUT2D eigenvalue weighted by molar-refractivity contribution is 8.00. The summed E-state index contributed by atoms with van der Waals surface area (Å²) in [6.45, 7) is 6.07. The molecule has 1 atom stereocenters. The van der Waals surface area contributed by atoms with Gasteiger partial charge >= 0.3 is 5.91 Å². The summed E-state index contributed by atoms with van der Waals surface area (Å²) in [6.07, 6.45) is 1.85. The van der Waals surface area contributed by atoms with Crippen molar-refractivity contribution in [3.63, 3.8) is 0 Å². The van der Waals surface area contributed by atoms with Crippen molar-refractivity contribution < 1.29 is 19.4 Å². The zero-order chi connectivity index (χ0) is 31.9. The number of ether oxygens (including phenoxy) is 1. The van der Waals surface area contributed by atoms with E-state index < -0.39 is 17.7 Å². The predicted octanol–water partition coefficient (Wildman–Crippen LogP) is 7.27. The van der Waals surface area contributed by atoms with Crippen LogP contribution in [0.25, 0.3) is 22.2 Å². The average Bonchev–Trinajstić information content (AvgIpc) is 3.75. The third kappa shape index (κ3) is 5.11. The number of aliphatic hydroxyl groups excluding tert-OH is 1. The van der Waals surface area contributed by atoms with E-state index >= 15 is 0 Å². The summed E-state index contributed by atoms with van der Waals surface area (Å²) >= 11 is 2.74. The molecule has 1 amide bonds. The van der Waals surface area contributed by atoms with Crippen LogP contribution in [0.2, 0.25) is 0 Å². The van der Waals surface area contributed by atoms with Crippen LogP contribution in [-0.4, -0.2) is 43.0 Å². The Labute approximate surface area is 273 Å². The van der Waals surface area contributed by atoms with Gasteiger partial charge in [0.1, 0.15) is 17.1 Å². The van der Waals surface area contributed by atoms with Crippen LogP contribution in [0.15, 0.2) is 95.0 Å². The minimum absolute atomic E-state index is 0.0667. The first-order valence-corrected chi connectivity index (χ1v) is 16.6. The number of imidazole rings is 1. The molecule has 1 fully saturated rings. The number of fused-ring (bicyclic) bond motifs is 2. The lowest BCUT2D eigenvalue weighted by Crippen LogP contribution is -2.29. The van der Waals surface area contributed by atoms with Crippen LogP contribution in [0, 0.1) is 13.8 Å². The van der Waals surface area contributed by atoms with Gasteiger partial charge in [0.2, 0.25) is 5.13 Å². The maximum Gasteiger partial charge on any atom is 0.301 e. The molecule has 0 saturated carbocycles. The van der Waals surface area contributed by atoms with Gasteiger partial charge in [0.15, 0.2) is 10.1 Å². The summed E-state index contributed by atoms with van der Waals surface area (Å²) in [4.78, 5) is 33.6. The number of carbonyl (C=O) groups is 2. The van der Waals surface area contributed by atoms with E-state index in [9.17, 15) is 14.7 Å². The number of aromatic nitrogens is 4. The first kappa shape index (κ1) is 29.7. The fraction of sp³-hybridized carbons (Fsp3) is 0.171. The number of rotatable bonds is 8. The fourth-order valence-corrected chi connectivity index (χ4v) is 7.75. The second-order valence-electron chi connectivity index (χ2n) is 10.9. The van der Waals surface area contributed by atoms with Crippen molar-refractivity contribution in [1.82, 2.24) is 19.6 Å². The van der Waals surface area contributed by atoms with Crippen LogP contribution in [0.1, 0.15) is 41.0 Å². The van der Waals surface area contributed by atoms with E-state index in [0.29, 0.717) is 39.4 Å². The lowest BCUT2D eigenvalue weighted by Gasteiger charge is -2.22. The number of aryl methyl sites for hydroxylation is 2. The molecule has 1 N–H and O–H groups in total. The molecule has 1 aliphatic heterocycles. The number of ketones is 1. The molecule has 7 rings (SSSR count). The van der Waals surface area contributed by atoms with Gasteiger partial charge in [-0.15, -0.1) is 10.2 Å². The Balaban J connectivity index is 1.30. The molecule has 3 aromatic carbocycles. The van der Waals surface area contributed by atoms with Crippen molar-refractivity contribution in [3.8, 4) is 5.75 Å². The summed E-state index contributed by atoms with van der Waals surface area (Å²) in [5, 5.41) is 23.1. The standard InChI is InChI=1S/C35H29N5O4S2/c1-4-44-25-15-8-13-23(18-25)29-27(30(41)28-21(3)39-17-9-10-20(2)32(39)36-28)31(42)33(43)40(29)34-37-38-35(46-34)45-19-24-14-7-12-22-11-5-6-16-26(22)24/h5-18,29,41H,4,19H2,1-3H3. The molecular weight excluding hydrogens is 619 g/mol. The number of anilines is 1. The largest absolute Gasteiger partial charge is 0.505 e. The van der Waals surface area contributed by atoms with Gasteiger partial charge in [0.05, 0.1) is 23.9 Å². The van der Waals surface area contributed by atoms with Crippen LogP contribution in [0.4, 0.5) is 5.13 Å². The van der Waals surface area contributed by atoms with Gasteiger partial charge in [-0.2, -0.15) is 0 Å². The monoisotopic (exact) mass is 647 g/mol. The molecule has 0 spiro atoms. The molecule has 1 saturated heterocycles. The first-order valence-electron chi connectivity index (χ1n) is 14.8. The number of benzene rings is 3. The van der Waals surface area contributed by atoms with E-state index in [-0.39, 0.29) is 22.2 Å². The number of aliphatic hydroxyl groups is 1. The lowest BCUT2D eigenvalue weighted by atomic mass is 9.96. The van der Waals surface area contributed by atoms with Gasteiger partial charge in [-0.25, -0.2) is 4.98 Å². The van der Waals surface area contributed by atoms with Crippen molar-refractivity contribution in [1.29, 1.82) is 0 Å². The highest BCUT2D eigenvalue weighted by Crippen LogP contribution is 2.45. The quantitative estimate of drug-likeness (QED) is 0.0604. The summed E-state index contributed by atoms with van der Waals surface area (Å²) < 4.78 is 8.26. The number of thioether (sulfide) groups is 1. The van der Waals surface area contributed by atoms with Gasteiger partial charge in [0.25, 0.3) is 5.78 Å². The molecule has 0 aliphatic carbocycles. The number of amides is 1. The summed E-state index contributed by atoms with van der Waals surface area (Å²) in [5.41, 5.74) is 4.13. The molecule has 6 aromatic rings. The predicted molar refractivity (Wildman–Crippen MR) is 180 cm³/mol. The Kier molecular flexibility index (Phi) is 7.79. The summed E-state index contributed by atoms with van der Waals surface area (Å²) in [7, 11) is 0. The molecule has 9 nitrogen and oxygen atoms in total. The number of hydrogen-bond donors (Lipinski definition) is 1. The molecule has 4 heterocycles. The Morgan fingerprint density at radius 3 is 2.63 bits per heavy atom. The van der Waals surface area contributed by atoms with E-state index in [0.717, 1.165) is 16.5 Å². The van der Waals surface area contributed by atoms with Gasteiger partial charge < -0.3 is 14.2 Å². The summed E-state index contributed by atoms with van der Waals surface area (Å²) in [6, 6.07) is 24.4. The second kappa shape index (κ2) is 12.1. The normalized spacial score (nSPS) is 16.2. The minimum atomic E-state index is -0.977. The zero-order valence-corrected chi connectivity index (χ0v) is 26.9. The highest BCUT2D eigenvalue weighted by Gasteiger charge is 2.49.